The number of nitrogens with one attached hydrogen (secondary N) is 1. The van der Waals surface area contributed by atoms with E-state index >= 15 is 0 Å². The second kappa shape index (κ2) is 4.45. The number of aliphatic hydroxyl groups is 3. The van der Waals surface area contributed by atoms with Crippen molar-refractivity contribution in [3.63, 3.8) is 0 Å². The number of amides is 2. The van der Waals surface area contributed by atoms with E-state index in [1.54, 1.807) is 0 Å². The molecule has 0 spiro atoms. The lowest BCUT2D eigenvalue weighted by Crippen LogP contribution is -2.56. The van der Waals surface area contributed by atoms with Crippen LogP contribution >= 0.6 is 0 Å². The zero-order valence-corrected chi connectivity index (χ0v) is 8.85. The number of guanidine groups is 1. The Balaban J connectivity index is 2.11. The van der Waals surface area contributed by atoms with Gasteiger partial charge in [0.25, 0.3) is 0 Å². The van der Waals surface area contributed by atoms with E-state index in [9.17, 15) is 15.0 Å². The van der Waals surface area contributed by atoms with Gasteiger partial charge in [0, 0.05) is 0 Å². The van der Waals surface area contributed by atoms with Crippen LogP contribution in [0.4, 0.5) is 4.79 Å². The Morgan fingerprint density at radius 1 is 1.53 bits per heavy atom. The van der Waals surface area contributed by atoms with Gasteiger partial charge in [0.2, 0.25) is 0 Å². The van der Waals surface area contributed by atoms with Gasteiger partial charge >= 0.3 is 6.03 Å². The normalized spacial score (nSPS) is 37.9. The third-order valence-electron chi connectivity index (χ3n) is 2.71. The van der Waals surface area contributed by atoms with Gasteiger partial charge in [-0.05, 0) is 0 Å². The van der Waals surface area contributed by atoms with Gasteiger partial charge in [-0.3, -0.25) is 10.2 Å². The second-order valence-electron chi connectivity index (χ2n) is 3.81. The van der Waals surface area contributed by atoms with Gasteiger partial charge in [-0.2, -0.15) is 0 Å². The van der Waals surface area contributed by atoms with E-state index in [4.69, 9.17) is 15.6 Å². The van der Waals surface area contributed by atoms with Crippen LogP contribution in [0.25, 0.3) is 0 Å². The average Bonchev–Trinajstić information content (AvgIpc) is 2.57. The molecule has 1 fully saturated rings. The zero-order chi connectivity index (χ0) is 12.6. The van der Waals surface area contributed by atoms with Gasteiger partial charge in [0.05, 0.1) is 6.61 Å². The van der Waals surface area contributed by atoms with Crippen LogP contribution in [0.3, 0.4) is 0 Å². The number of rotatable bonds is 2. The molecule has 0 aromatic carbocycles. The smallest absolute Gasteiger partial charge is 0.327 e. The summed E-state index contributed by atoms with van der Waals surface area (Å²) in [7, 11) is 0. The van der Waals surface area contributed by atoms with Gasteiger partial charge in [0.1, 0.15) is 25.0 Å². The van der Waals surface area contributed by atoms with Crippen molar-refractivity contribution in [2.24, 2.45) is 10.7 Å². The van der Waals surface area contributed by atoms with E-state index in [1.165, 1.54) is 0 Å². The molecule has 0 saturated carbocycles. The molecule has 0 bridgehead atoms. The molecule has 0 radical (unpaired) electrons. The fraction of sp³-hybridized carbons (Fsp3) is 0.750. The molecule has 0 aliphatic carbocycles. The molecule has 0 aromatic rings. The van der Waals surface area contributed by atoms with Crippen molar-refractivity contribution in [2.45, 2.75) is 24.5 Å². The van der Waals surface area contributed by atoms with Crippen LogP contribution in [-0.2, 0) is 4.74 Å². The topological polar surface area (TPSA) is 141 Å². The molecule has 2 aliphatic heterocycles. The monoisotopic (exact) mass is 246 g/mol. The highest BCUT2D eigenvalue weighted by molar-refractivity contribution is 5.96. The summed E-state index contributed by atoms with van der Waals surface area (Å²) in [5.41, 5.74) is 5.30. The summed E-state index contributed by atoms with van der Waals surface area (Å²) < 4.78 is 5.19. The van der Waals surface area contributed by atoms with Crippen molar-refractivity contribution in [1.82, 2.24) is 10.2 Å². The van der Waals surface area contributed by atoms with Crippen molar-refractivity contribution >= 4 is 12.0 Å². The van der Waals surface area contributed by atoms with E-state index in [0.717, 1.165) is 4.90 Å². The van der Waals surface area contributed by atoms with Crippen LogP contribution in [0.15, 0.2) is 4.99 Å². The Morgan fingerprint density at radius 2 is 2.24 bits per heavy atom. The third-order valence-corrected chi connectivity index (χ3v) is 2.71. The van der Waals surface area contributed by atoms with E-state index in [1.807, 2.05) is 0 Å². The number of hydrogen-bond donors (Lipinski definition) is 5. The minimum atomic E-state index is -1.30. The number of nitrogens with two attached hydrogens (primary N) is 1. The van der Waals surface area contributed by atoms with Gasteiger partial charge in [-0.15, -0.1) is 0 Å². The van der Waals surface area contributed by atoms with E-state index < -0.39 is 37.2 Å². The highest BCUT2D eigenvalue weighted by Crippen LogP contribution is 2.24. The molecular formula is C8H14N4O5. The predicted molar refractivity (Wildman–Crippen MR) is 54.6 cm³/mol. The lowest BCUT2D eigenvalue weighted by atomic mass is 10.1. The van der Waals surface area contributed by atoms with E-state index in [-0.39, 0.29) is 12.6 Å². The zero-order valence-electron chi connectivity index (χ0n) is 8.85. The Labute approximate surface area is 96.5 Å². The number of ether oxygens (including phenoxy) is 1. The highest BCUT2D eigenvalue weighted by atomic mass is 16.6. The number of aliphatic imine (C=N–C) groups is 1. The Morgan fingerprint density at radius 3 is 2.76 bits per heavy atom. The fourth-order valence-electron chi connectivity index (χ4n) is 1.77. The first kappa shape index (κ1) is 12.0. The van der Waals surface area contributed by atoms with Crippen LogP contribution in [0.5, 0.6) is 0 Å². The number of nitrogens with zero attached hydrogens (tertiary/aromatic N) is 2. The molecule has 9 heteroatoms. The SMILES string of the molecule is NC1=NCN(C2O[C@H](CO)[C@@H](O)[C@H]2O)C(=O)N1. The fourth-order valence-corrected chi connectivity index (χ4v) is 1.77. The minimum absolute atomic E-state index is 0.0157. The molecule has 96 valence electrons. The molecular weight excluding hydrogens is 232 g/mol. The number of hydrogen-bond acceptors (Lipinski definition) is 7. The first-order valence-electron chi connectivity index (χ1n) is 5.04. The van der Waals surface area contributed by atoms with Crippen molar-refractivity contribution < 1.29 is 24.9 Å². The maximum Gasteiger partial charge on any atom is 0.327 e. The predicted octanol–water partition coefficient (Wildman–Crippen LogP) is -3.28. The molecule has 17 heavy (non-hydrogen) atoms. The quantitative estimate of drug-likeness (QED) is 0.346. The second-order valence-corrected chi connectivity index (χ2v) is 3.81. The molecule has 2 aliphatic rings. The van der Waals surface area contributed by atoms with Crippen molar-refractivity contribution in [3.05, 3.63) is 0 Å². The minimum Gasteiger partial charge on any atom is -0.394 e. The Bertz CT molecular complexity index is 349. The Kier molecular flexibility index (Phi) is 3.15. The standard InChI is InChI=1S/C8H14N4O5/c9-7-10-2-12(8(16)11-7)6-5(15)4(14)3(1-13)17-6/h3-6,13-15H,1-2H2,(H3,9,10,11,16)/t3-,4-,5-,6?/m1/s1. The van der Waals surface area contributed by atoms with Gasteiger partial charge < -0.3 is 25.8 Å². The Hall–Kier alpha value is -1.42. The van der Waals surface area contributed by atoms with Gasteiger partial charge in [0.15, 0.2) is 12.2 Å². The lowest BCUT2D eigenvalue weighted by Gasteiger charge is -2.31. The summed E-state index contributed by atoms with van der Waals surface area (Å²) in [6.45, 7) is -0.528. The van der Waals surface area contributed by atoms with Crippen LogP contribution in [0, 0.1) is 0 Å². The summed E-state index contributed by atoms with van der Waals surface area (Å²) in [4.78, 5) is 16.4. The molecule has 2 amide bonds. The molecule has 4 atom stereocenters. The molecule has 6 N–H and O–H groups in total. The lowest BCUT2D eigenvalue weighted by molar-refractivity contribution is -0.0787. The molecule has 0 aromatic heterocycles. The number of carbonyl (C=O) groups excluding carboxylic acids is 1. The van der Waals surface area contributed by atoms with Crippen LogP contribution in [-0.4, -0.2) is 70.0 Å². The highest BCUT2D eigenvalue weighted by Gasteiger charge is 2.47. The van der Waals surface area contributed by atoms with Crippen molar-refractivity contribution in [1.29, 1.82) is 0 Å². The average molecular weight is 246 g/mol. The van der Waals surface area contributed by atoms with Crippen LogP contribution < -0.4 is 11.1 Å². The molecule has 1 unspecified atom stereocenters. The summed E-state index contributed by atoms with van der Waals surface area (Å²) in [5.74, 6) is -0.0157. The van der Waals surface area contributed by atoms with Crippen LogP contribution in [0.2, 0.25) is 0 Å². The molecule has 1 saturated heterocycles. The molecule has 9 nitrogen and oxygen atoms in total. The van der Waals surface area contributed by atoms with E-state index in [0.29, 0.717) is 0 Å². The maximum absolute atomic E-state index is 11.6. The first-order valence-corrected chi connectivity index (χ1v) is 5.04. The summed E-state index contributed by atoms with van der Waals surface area (Å²) >= 11 is 0. The largest absolute Gasteiger partial charge is 0.394 e. The van der Waals surface area contributed by atoms with Gasteiger partial charge in [-0.1, -0.05) is 0 Å². The number of aliphatic hydroxyl groups excluding tert-OH is 3. The third kappa shape index (κ3) is 2.05. The number of urea groups is 1. The van der Waals surface area contributed by atoms with Crippen molar-refractivity contribution in [2.75, 3.05) is 13.3 Å². The molecule has 2 heterocycles. The summed E-state index contributed by atoms with van der Waals surface area (Å²) in [6, 6.07) is -0.577. The van der Waals surface area contributed by atoms with E-state index in [2.05, 4.69) is 10.3 Å². The number of carbonyl (C=O) groups is 1. The maximum atomic E-state index is 11.6. The van der Waals surface area contributed by atoms with Gasteiger partial charge in [-0.25, -0.2) is 9.79 Å². The van der Waals surface area contributed by atoms with Crippen molar-refractivity contribution in [3.8, 4) is 0 Å². The molecule has 2 rings (SSSR count). The summed E-state index contributed by atoms with van der Waals surface area (Å²) in [6.07, 6.45) is -4.53. The first-order chi connectivity index (χ1) is 8.04. The van der Waals surface area contributed by atoms with Crippen LogP contribution in [0.1, 0.15) is 0 Å². The summed E-state index contributed by atoms with van der Waals surface area (Å²) in [5, 5.41) is 30.4.